The van der Waals surface area contributed by atoms with Crippen molar-refractivity contribution in [3.63, 3.8) is 0 Å². The van der Waals surface area contributed by atoms with E-state index in [2.05, 4.69) is 9.72 Å². The molecule has 1 aromatic carbocycles. The topological polar surface area (TPSA) is 55.1 Å². The first-order chi connectivity index (χ1) is 10.4. The number of pyridine rings is 1. The molecule has 0 saturated carbocycles. The van der Waals surface area contributed by atoms with Crippen LogP contribution >= 0.6 is 0 Å². The van der Waals surface area contributed by atoms with Crippen LogP contribution in [0.4, 0.5) is 13.2 Å². The molecule has 0 radical (unpaired) electrons. The van der Waals surface area contributed by atoms with E-state index in [0.29, 0.717) is 16.7 Å². The molecule has 0 atom stereocenters. The number of hydrogen-bond donors (Lipinski definition) is 0. The summed E-state index contributed by atoms with van der Waals surface area (Å²) < 4.78 is 46.0. The number of benzene rings is 1. The summed E-state index contributed by atoms with van der Waals surface area (Å²) in [6.45, 7) is 0. The first-order valence-electron chi connectivity index (χ1n) is 6.19. The van der Waals surface area contributed by atoms with Gasteiger partial charge in [0.2, 0.25) is 5.88 Å². The zero-order chi connectivity index (χ0) is 16.2. The second-order valence-electron chi connectivity index (χ2n) is 4.26. The molecule has 0 bridgehead atoms. The Labute approximate surface area is 124 Å². The summed E-state index contributed by atoms with van der Waals surface area (Å²) in [6.07, 6.45) is -3.21. The summed E-state index contributed by atoms with van der Waals surface area (Å²) in [4.78, 5) is 4.03. The molecular weight excluding hydrogens is 297 g/mol. The van der Waals surface area contributed by atoms with Crippen molar-refractivity contribution in [3.8, 4) is 28.8 Å². The Hall–Kier alpha value is -2.75. The highest BCUT2D eigenvalue weighted by atomic mass is 19.4. The number of alkyl halides is 3. The molecule has 4 nitrogen and oxygen atoms in total. The quantitative estimate of drug-likeness (QED) is 0.863. The molecule has 0 unspecified atom stereocenters. The molecule has 2 aromatic rings. The Morgan fingerprint density at radius 2 is 2.05 bits per heavy atom. The lowest BCUT2D eigenvalue weighted by Gasteiger charge is -2.13. The Morgan fingerprint density at radius 1 is 1.27 bits per heavy atom. The second-order valence-corrected chi connectivity index (χ2v) is 4.26. The van der Waals surface area contributed by atoms with Gasteiger partial charge in [0.25, 0.3) is 0 Å². The van der Waals surface area contributed by atoms with Gasteiger partial charge in [0.15, 0.2) is 0 Å². The highest BCUT2D eigenvalue weighted by Crippen LogP contribution is 2.34. The normalized spacial score (nSPS) is 10.9. The van der Waals surface area contributed by atoms with E-state index in [1.165, 1.54) is 31.5 Å². The third-order valence-corrected chi connectivity index (χ3v) is 2.82. The zero-order valence-electron chi connectivity index (χ0n) is 11.5. The summed E-state index contributed by atoms with van der Waals surface area (Å²) in [5, 5.41) is 8.88. The molecule has 1 aromatic heterocycles. The number of methoxy groups -OCH3 is 1. The fraction of sp³-hybridized carbons (Fsp3) is 0.200. The number of hydrogen-bond acceptors (Lipinski definition) is 4. The first-order valence-corrected chi connectivity index (χ1v) is 6.19. The van der Waals surface area contributed by atoms with E-state index in [-0.39, 0.29) is 18.1 Å². The maximum absolute atomic E-state index is 12.3. The Balaban J connectivity index is 2.52. The molecule has 0 saturated heterocycles. The van der Waals surface area contributed by atoms with E-state index in [1.54, 1.807) is 12.1 Å². The highest BCUT2D eigenvalue weighted by Gasteiger charge is 2.31. The van der Waals surface area contributed by atoms with Crippen molar-refractivity contribution in [1.82, 2.24) is 4.98 Å². The number of ether oxygens (including phenoxy) is 2. The Kier molecular flexibility index (Phi) is 4.51. The molecule has 0 spiro atoms. The summed E-state index contributed by atoms with van der Waals surface area (Å²) >= 11 is 0. The Morgan fingerprint density at radius 3 is 2.68 bits per heavy atom. The smallest absolute Gasteiger partial charge is 0.481 e. The number of rotatable bonds is 4. The van der Waals surface area contributed by atoms with Crippen molar-refractivity contribution < 1.29 is 22.6 Å². The average molecular weight is 308 g/mol. The summed E-state index contributed by atoms with van der Waals surface area (Å²) in [7, 11) is 1.40. The highest BCUT2D eigenvalue weighted by molar-refractivity contribution is 5.73. The van der Waals surface area contributed by atoms with Gasteiger partial charge in [-0.15, -0.1) is 13.2 Å². The van der Waals surface area contributed by atoms with Gasteiger partial charge in [-0.2, -0.15) is 5.26 Å². The SMILES string of the molecule is COc1nccc(CC#N)c1-c1cccc(OC(F)(F)F)c1. The summed E-state index contributed by atoms with van der Waals surface area (Å²) in [6, 6.07) is 9.09. The van der Waals surface area contributed by atoms with Gasteiger partial charge in [-0.3, -0.25) is 0 Å². The molecule has 0 N–H and O–H groups in total. The minimum Gasteiger partial charge on any atom is -0.481 e. The molecule has 114 valence electrons. The van der Waals surface area contributed by atoms with Gasteiger partial charge in [-0.25, -0.2) is 4.98 Å². The largest absolute Gasteiger partial charge is 0.573 e. The van der Waals surface area contributed by atoms with Crippen molar-refractivity contribution in [1.29, 1.82) is 5.26 Å². The van der Waals surface area contributed by atoms with E-state index in [0.717, 1.165) is 0 Å². The lowest BCUT2D eigenvalue weighted by molar-refractivity contribution is -0.274. The fourth-order valence-electron chi connectivity index (χ4n) is 2.03. The van der Waals surface area contributed by atoms with Crippen LogP contribution in [0.1, 0.15) is 5.56 Å². The van der Waals surface area contributed by atoms with Gasteiger partial charge in [0.05, 0.1) is 19.6 Å². The van der Waals surface area contributed by atoms with Crippen molar-refractivity contribution in [3.05, 3.63) is 42.1 Å². The molecule has 2 rings (SSSR count). The molecule has 22 heavy (non-hydrogen) atoms. The van der Waals surface area contributed by atoms with Crippen LogP contribution in [0.5, 0.6) is 11.6 Å². The van der Waals surface area contributed by atoms with Gasteiger partial charge in [-0.1, -0.05) is 12.1 Å². The third kappa shape index (κ3) is 3.67. The van der Waals surface area contributed by atoms with Crippen LogP contribution in [-0.2, 0) is 6.42 Å². The maximum Gasteiger partial charge on any atom is 0.573 e. The minimum absolute atomic E-state index is 0.0819. The fourth-order valence-corrected chi connectivity index (χ4v) is 2.03. The Bertz CT molecular complexity index is 709. The molecule has 0 fully saturated rings. The average Bonchev–Trinajstić information content (AvgIpc) is 2.45. The van der Waals surface area contributed by atoms with Gasteiger partial charge >= 0.3 is 6.36 Å². The monoisotopic (exact) mass is 308 g/mol. The molecule has 0 aliphatic heterocycles. The number of aromatic nitrogens is 1. The number of halogens is 3. The van der Waals surface area contributed by atoms with Crippen molar-refractivity contribution in [2.75, 3.05) is 7.11 Å². The van der Waals surface area contributed by atoms with Crippen LogP contribution in [0.3, 0.4) is 0 Å². The van der Waals surface area contributed by atoms with Crippen molar-refractivity contribution in [2.45, 2.75) is 12.8 Å². The number of nitriles is 1. The zero-order valence-corrected chi connectivity index (χ0v) is 11.5. The summed E-state index contributed by atoms with van der Waals surface area (Å²) in [5.41, 5.74) is 1.51. The van der Waals surface area contributed by atoms with Crippen LogP contribution < -0.4 is 9.47 Å². The lowest BCUT2D eigenvalue weighted by Crippen LogP contribution is -2.17. The standard InChI is InChI=1S/C15H11F3N2O2/c1-21-14-13(10(5-7-19)6-8-20-14)11-3-2-4-12(9-11)22-15(16,17)18/h2-4,6,8-9H,5H2,1H3. The molecule has 0 aliphatic carbocycles. The van der Waals surface area contributed by atoms with E-state index in [4.69, 9.17) is 10.00 Å². The van der Waals surface area contributed by atoms with Crippen LogP contribution in [0.25, 0.3) is 11.1 Å². The van der Waals surface area contributed by atoms with E-state index in [9.17, 15) is 13.2 Å². The molecule has 1 heterocycles. The third-order valence-electron chi connectivity index (χ3n) is 2.82. The van der Waals surface area contributed by atoms with Gasteiger partial charge in [-0.05, 0) is 29.3 Å². The first kappa shape index (κ1) is 15.6. The minimum atomic E-state index is -4.77. The second kappa shape index (κ2) is 6.35. The molecular formula is C15H11F3N2O2. The predicted molar refractivity (Wildman–Crippen MR) is 72.2 cm³/mol. The van der Waals surface area contributed by atoms with E-state index in [1.807, 2.05) is 6.07 Å². The molecule has 7 heteroatoms. The van der Waals surface area contributed by atoms with Gasteiger partial charge in [0, 0.05) is 11.8 Å². The van der Waals surface area contributed by atoms with Crippen LogP contribution in [0.15, 0.2) is 36.5 Å². The van der Waals surface area contributed by atoms with Crippen molar-refractivity contribution in [2.24, 2.45) is 0 Å². The van der Waals surface area contributed by atoms with E-state index < -0.39 is 6.36 Å². The lowest BCUT2D eigenvalue weighted by atomic mass is 9.99. The number of nitrogens with zero attached hydrogens (tertiary/aromatic N) is 2. The van der Waals surface area contributed by atoms with Crippen LogP contribution in [0, 0.1) is 11.3 Å². The molecule has 0 aliphatic rings. The maximum atomic E-state index is 12.3. The van der Waals surface area contributed by atoms with Crippen molar-refractivity contribution >= 4 is 0 Å². The van der Waals surface area contributed by atoms with Gasteiger partial charge in [0.1, 0.15) is 5.75 Å². The molecule has 0 amide bonds. The van der Waals surface area contributed by atoms with Crippen LogP contribution in [-0.4, -0.2) is 18.5 Å². The summed E-state index contributed by atoms with van der Waals surface area (Å²) in [5.74, 6) is -0.115. The van der Waals surface area contributed by atoms with E-state index >= 15 is 0 Å². The van der Waals surface area contributed by atoms with Gasteiger partial charge < -0.3 is 9.47 Å². The van der Waals surface area contributed by atoms with Crippen LogP contribution in [0.2, 0.25) is 0 Å². The predicted octanol–water partition coefficient (Wildman–Crippen LogP) is 3.72.